The van der Waals surface area contributed by atoms with Crippen LogP contribution in [0.3, 0.4) is 0 Å². The van der Waals surface area contributed by atoms with Crippen molar-refractivity contribution in [2.45, 2.75) is 25.3 Å². The highest BCUT2D eigenvalue weighted by molar-refractivity contribution is 7.89. The SMILES string of the molecule is CCN(CC)S(=O)(=O)c1ccc(NC(=O)Cn2cnnn2)cc1. The molecule has 0 aliphatic heterocycles. The Morgan fingerprint density at radius 3 is 2.39 bits per heavy atom. The van der Waals surface area contributed by atoms with Crippen LogP contribution < -0.4 is 5.32 Å². The Bertz CT molecular complexity index is 739. The van der Waals surface area contributed by atoms with Crippen molar-refractivity contribution in [2.24, 2.45) is 0 Å². The molecule has 0 unspecified atom stereocenters. The van der Waals surface area contributed by atoms with Crippen molar-refractivity contribution in [1.29, 1.82) is 0 Å². The van der Waals surface area contributed by atoms with Crippen molar-refractivity contribution < 1.29 is 13.2 Å². The number of hydrogen-bond acceptors (Lipinski definition) is 6. The molecule has 0 fully saturated rings. The smallest absolute Gasteiger partial charge is 0.246 e. The van der Waals surface area contributed by atoms with Gasteiger partial charge < -0.3 is 5.32 Å². The van der Waals surface area contributed by atoms with Crippen molar-refractivity contribution in [3.8, 4) is 0 Å². The van der Waals surface area contributed by atoms with Gasteiger partial charge in [0.15, 0.2) is 0 Å². The van der Waals surface area contributed by atoms with Crippen molar-refractivity contribution in [3.05, 3.63) is 30.6 Å². The summed E-state index contributed by atoms with van der Waals surface area (Å²) in [7, 11) is -3.50. The molecule has 0 spiro atoms. The summed E-state index contributed by atoms with van der Waals surface area (Å²) < 4.78 is 27.4. The van der Waals surface area contributed by atoms with E-state index < -0.39 is 10.0 Å². The first-order valence-corrected chi connectivity index (χ1v) is 8.52. The van der Waals surface area contributed by atoms with Crippen molar-refractivity contribution >= 4 is 21.6 Å². The van der Waals surface area contributed by atoms with Crippen LogP contribution in [0.15, 0.2) is 35.5 Å². The third kappa shape index (κ3) is 4.11. The minimum atomic E-state index is -3.50. The summed E-state index contributed by atoms with van der Waals surface area (Å²) in [5.41, 5.74) is 0.501. The minimum Gasteiger partial charge on any atom is -0.324 e. The number of anilines is 1. The lowest BCUT2D eigenvalue weighted by molar-refractivity contribution is -0.116. The lowest BCUT2D eigenvalue weighted by Crippen LogP contribution is -2.30. The normalized spacial score (nSPS) is 11.6. The average molecular weight is 338 g/mol. The van der Waals surface area contributed by atoms with E-state index in [0.717, 1.165) is 0 Å². The number of tetrazole rings is 1. The first kappa shape index (κ1) is 17.0. The first-order chi connectivity index (χ1) is 11.0. The lowest BCUT2D eigenvalue weighted by atomic mass is 10.3. The lowest BCUT2D eigenvalue weighted by Gasteiger charge is -2.18. The van der Waals surface area contributed by atoms with E-state index in [1.807, 2.05) is 0 Å². The monoisotopic (exact) mass is 338 g/mol. The fourth-order valence-corrected chi connectivity index (χ4v) is 3.48. The Hall–Kier alpha value is -2.33. The van der Waals surface area contributed by atoms with E-state index in [-0.39, 0.29) is 17.3 Å². The van der Waals surface area contributed by atoms with Gasteiger partial charge in [-0.15, -0.1) is 5.10 Å². The first-order valence-electron chi connectivity index (χ1n) is 7.08. The third-order valence-electron chi connectivity index (χ3n) is 3.18. The molecule has 1 heterocycles. The second-order valence-corrected chi connectivity index (χ2v) is 6.61. The Morgan fingerprint density at radius 1 is 1.22 bits per heavy atom. The van der Waals surface area contributed by atoms with Gasteiger partial charge in [-0.25, -0.2) is 13.1 Å². The summed E-state index contributed by atoms with van der Waals surface area (Å²) in [4.78, 5) is 12.0. The number of carbonyl (C=O) groups is 1. The summed E-state index contributed by atoms with van der Waals surface area (Å²) >= 11 is 0. The molecule has 0 aliphatic rings. The fraction of sp³-hybridized carbons (Fsp3) is 0.385. The molecule has 9 nitrogen and oxygen atoms in total. The van der Waals surface area contributed by atoms with Crippen LogP contribution in [0.5, 0.6) is 0 Å². The molecule has 2 rings (SSSR count). The molecular weight excluding hydrogens is 320 g/mol. The summed E-state index contributed by atoms with van der Waals surface area (Å²) in [5.74, 6) is -0.309. The van der Waals surface area contributed by atoms with Gasteiger partial charge in [0.05, 0.1) is 4.90 Å². The zero-order valence-corrected chi connectivity index (χ0v) is 13.7. The number of sulfonamides is 1. The highest BCUT2D eigenvalue weighted by Gasteiger charge is 2.21. The number of nitrogens with zero attached hydrogens (tertiary/aromatic N) is 5. The maximum absolute atomic E-state index is 12.4. The minimum absolute atomic E-state index is 0.0213. The van der Waals surface area contributed by atoms with E-state index in [4.69, 9.17) is 0 Å². The molecule has 0 bridgehead atoms. The molecule has 124 valence electrons. The van der Waals surface area contributed by atoms with Crippen LogP contribution in [0.4, 0.5) is 5.69 Å². The number of amides is 1. The summed E-state index contributed by atoms with van der Waals surface area (Å²) in [6.45, 7) is 4.36. The fourth-order valence-electron chi connectivity index (χ4n) is 2.02. The van der Waals surface area contributed by atoms with Crippen LogP contribution >= 0.6 is 0 Å². The molecule has 0 saturated heterocycles. The van der Waals surface area contributed by atoms with Gasteiger partial charge in [-0.3, -0.25) is 4.79 Å². The van der Waals surface area contributed by atoms with Gasteiger partial charge in [0.25, 0.3) is 0 Å². The quantitative estimate of drug-likeness (QED) is 0.779. The van der Waals surface area contributed by atoms with E-state index in [2.05, 4.69) is 20.8 Å². The van der Waals surface area contributed by atoms with Crippen molar-refractivity contribution in [2.75, 3.05) is 18.4 Å². The van der Waals surface area contributed by atoms with Crippen LogP contribution in [0.1, 0.15) is 13.8 Å². The molecule has 0 radical (unpaired) electrons. The Labute approximate surface area is 134 Å². The Kier molecular flexibility index (Phi) is 5.40. The molecule has 23 heavy (non-hydrogen) atoms. The summed E-state index contributed by atoms with van der Waals surface area (Å²) in [6, 6.07) is 6.04. The standard InChI is InChI=1S/C13H18N6O3S/c1-3-19(4-2)23(21,22)12-7-5-11(6-8-12)15-13(20)9-18-10-14-16-17-18/h5-8,10H,3-4,9H2,1-2H3,(H,15,20). The second kappa shape index (κ2) is 7.29. The average Bonchev–Trinajstić information content (AvgIpc) is 3.01. The molecule has 1 N–H and O–H groups in total. The number of hydrogen-bond donors (Lipinski definition) is 1. The number of benzene rings is 1. The maximum Gasteiger partial charge on any atom is 0.246 e. The summed E-state index contributed by atoms with van der Waals surface area (Å²) in [6.07, 6.45) is 1.33. The van der Waals surface area contributed by atoms with Gasteiger partial charge in [-0.2, -0.15) is 4.31 Å². The highest BCUT2D eigenvalue weighted by Crippen LogP contribution is 2.18. The molecular formula is C13H18N6O3S. The molecule has 1 aromatic carbocycles. The number of nitrogens with one attached hydrogen (secondary N) is 1. The van der Waals surface area contributed by atoms with Crippen molar-refractivity contribution in [3.63, 3.8) is 0 Å². The molecule has 2 aromatic rings. The molecule has 0 aliphatic carbocycles. The second-order valence-electron chi connectivity index (χ2n) is 4.67. The third-order valence-corrected chi connectivity index (χ3v) is 5.24. The van der Waals surface area contributed by atoms with E-state index in [0.29, 0.717) is 18.8 Å². The van der Waals surface area contributed by atoms with Gasteiger partial charge in [0.2, 0.25) is 15.9 Å². The maximum atomic E-state index is 12.4. The predicted molar refractivity (Wildman–Crippen MR) is 83.0 cm³/mol. The topological polar surface area (TPSA) is 110 Å². The largest absolute Gasteiger partial charge is 0.324 e. The predicted octanol–water partition coefficient (Wildman–Crippen LogP) is 0.342. The molecule has 0 atom stereocenters. The number of rotatable bonds is 7. The van der Waals surface area contributed by atoms with Crippen LogP contribution in [0, 0.1) is 0 Å². The van der Waals surface area contributed by atoms with Gasteiger partial charge in [0.1, 0.15) is 12.9 Å². The molecule has 10 heteroatoms. The van der Waals surface area contributed by atoms with Gasteiger partial charge in [-0.1, -0.05) is 13.8 Å². The van der Waals surface area contributed by atoms with Crippen LogP contribution in [0.25, 0.3) is 0 Å². The van der Waals surface area contributed by atoms with E-state index in [1.54, 1.807) is 26.0 Å². The molecule has 1 aromatic heterocycles. The van der Waals surface area contributed by atoms with E-state index in [1.165, 1.54) is 27.4 Å². The zero-order chi connectivity index (χ0) is 16.9. The van der Waals surface area contributed by atoms with Gasteiger partial charge in [0, 0.05) is 18.8 Å². The van der Waals surface area contributed by atoms with Crippen molar-refractivity contribution in [1.82, 2.24) is 24.5 Å². The highest BCUT2D eigenvalue weighted by atomic mass is 32.2. The van der Waals surface area contributed by atoms with Crippen LogP contribution in [0.2, 0.25) is 0 Å². The van der Waals surface area contributed by atoms with E-state index in [9.17, 15) is 13.2 Å². The molecule has 1 amide bonds. The number of carbonyl (C=O) groups excluding carboxylic acids is 1. The van der Waals surface area contributed by atoms with E-state index >= 15 is 0 Å². The van der Waals surface area contributed by atoms with Gasteiger partial charge >= 0.3 is 0 Å². The van der Waals surface area contributed by atoms with Crippen LogP contribution in [-0.4, -0.2) is 51.9 Å². The summed E-state index contributed by atoms with van der Waals surface area (Å²) in [5, 5.41) is 13.1. The van der Waals surface area contributed by atoms with Gasteiger partial charge in [-0.05, 0) is 34.7 Å². The van der Waals surface area contributed by atoms with Crippen LogP contribution in [-0.2, 0) is 21.4 Å². The molecule has 0 saturated carbocycles. The Morgan fingerprint density at radius 2 is 1.87 bits per heavy atom. The Balaban J connectivity index is 2.06. The number of aromatic nitrogens is 4. The zero-order valence-electron chi connectivity index (χ0n) is 12.9.